The van der Waals surface area contributed by atoms with Gasteiger partial charge in [-0.2, -0.15) is 0 Å². The number of hydrogen-bond acceptors (Lipinski definition) is 9. The molecule has 0 fully saturated rings. The molecule has 0 bridgehead atoms. The molecule has 0 N–H and O–H groups in total. The second-order valence-electron chi connectivity index (χ2n) is 4.48. The predicted octanol–water partition coefficient (Wildman–Crippen LogP) is 1.95. The van der Waals surface area contributed by atoms with Crippen molar-refractivity contribution in [2.45, 2.75) is 13.8 Å². The Morgan fingerprint density at radius 2 is 1.48 bits per heavy atom. The first-order chi connectivity index (χ1) is 11.8. The van der Waals surface area contributed by atoms with E-state index in [0.29, 0.717) is 0 Å². The predicted molar refractivity (Wildman–Crippen MR) is 84.7 cm³/mol. The van der Waals surface area contributed by atoms with Crippen molar-refractivity contribution in [3.8, 4) is 0 Å². The van der Waals surface area contributed by atoms with Crippen LogP contribution in [0.2, 0.25) is 0 Å². The summed E-state index contributed by atoms with van der Waals surface area (Å²) >= 11 is 0. The number of ether oxygens (including phenoxy) is 2. The summed E-state index contributed by atoms with van der Waals surface area (Å²) in [4.78, 5) is 47.4. The molecule has 1 aromatic rings. The second-order valence-corrected chi connectivity index (χ2v) is 4.48. The molecule has 0 aliphatic heterocycles. The number of rotatable bonds is 8. The van der Waals surface area contributed by atoms with E-state index in [1.807, 2.05) is 0 Å². The van der Waals surface area contributed by atoms with Crippen LogP contribution in [0.1, 0.15) is 13.8 Å². The summed E-state index contributed by atoms with van der Waals surface area (Å²) in [5.74, 6) is -3.31. The highest BCUT2D eigenvalue weighted by molar-refractivity contribution is 6.09. The summed E-state index contributed by atoms with van der Waals surface area (Å²) in [5.41, 5.74) is -1.27. The molecule has 134 valence electrons. The Labute approximate surface area is 141 Å². The van der Waals surface area contributed by atoms with Crippen LogP contribution in [-0.2, 0) is 19.1 Å². The average molecular weight is 353 g/mol. The molecule has 0 saturated carbocycles. The van der Waals surface area contributed by atoms with Crippen molar-refractivity contribution in [2.24, 2.45) is 10.9 Å². The van der Waals surface area contributed by atoms with E-state index >= 15 is 0 Å². The van der Waals surface area contributed by atoms with E-state index in [-0.39, 0.29) is 18.9 Å². The molecule has 0 aliphatic rings. The number of nitro groups is 2. The van der Waals surface area contributed by atoms with Crippen LogP contribution in [0.15, 0.2) is 23.2 Å². The number of non-ortho nitro benzene ring substituents is 2. The molecule has 0 amide bonds. The zero-order valence-corrected chi connectivity index (χ0v) is 13.4. The van der Waals surface area contributed by atoms with E-state index in [1.165, 1.54) is 0 Å². The third-order valence-corrected chi connectivity index (χ3v) is 2.76. The molecule has 0 aromatic heterocycles. The highest BCUT2D eigenvalue weighted by Crippen LogP contribution is 2.27. The monoisotopic (exact) mass is 353 g/mol. The van der Waals surface area contributed by atoms with Crippen LogP contribution >= 0.6 is 0 Å². The van der Waals surface area contributed by atoms with Gasteiger partial charge in [-0.15, -0.1) is 0 Å². The Hall–Kier alpha value is -3.37. The maximum absolute atomic E-state index is 11.8. The van der Waals surface area contributed by atoms with Crippen molar-refractivity contribution in [1.29, 1.82) is 0 Å². The largest absolute Gasteiger partial charge is 0.465 e. The van der Waals surface area contributed by atoms with Gasteiger partial charge in [-0.3, -0.25) is 34.8 Å². The maximum atomic E-state index is 11.8. The number of benzene rings is 1. The molecular formula is C14H15N3O8. The van der Waals surface area contributed by atoms with Crippen LogP contribution in [0, 0.1) is 26.1 Å². The van der Waals surface area contributed by atoms with Crippen molar-refractivity contribution >= 4 is 35.2 Å². The Bertz CT molecular complexity index is 666. The summed E-state index contributed by atoms with van der Waals surface area (Å²) in [7, 11) is 0. The van der Waals surface area contributed by atoms with Crippen molar-refractivity contribution in [2.75, 3.05) is 13.2 Å². The third kappa shape index (κ3) is 5.64. The first-order valence-corrected chi connectivity index (χ1v) is 7.11. The SMILES string of the molecule is CCOC(=O)C(C=Nc1cc([N+](=O)[O-])cc([N+](=O)[O-])c1)C(=O)OCC. The lowest BCUT2D eigenvalue weighted by Crippen LogP contribution is -2.29. The molecule has 0 atom stereocenters. The third-order valence-electron chi connectivity index (χ3n) is 2.76. The lowest BCUT2D eigenvalue weighted by atomic mass is 10.1. The first kappa shape index (κ1) is 19.7. The van der Waals surface area contributed by atoms with Crippen LogP contribution in [0.25, 0.3) is 0 Å². The van der Waals surface area contributed by atoms with E-state index in [9.17, 15) is 29.8 Å². The van der Waals surface area contributed by atoms with Crippen LogP contribution < -0.4 is 0 Å². The lowest BCUT2D eigenvalue weighted by Gasteiger charge is -2.09. The van der Waals surface area contributed by atoms with Crippen LogP contribution in [0.3, 0.4) is 0 Å². The van der Waals surface area contributed by atoms with Gasteiger partial charge in [0.25, 0.3) is 11.4 Å². The number of aliphatic imine (C=N–C) groups is 1. The minimum atomic E-state index is -1.49. The average Bonchev–Trinajstić information content (AvgIpc) is 2.55. The van der Waals surface area contributed by atoms with Crippen molar-refractivity contribution < 1.29 is 28.9 Å². The Morgan fingerprint density at radius 3 is 1.84 bits per heavy atom. The Kier molecular flexibility index (Phi) is 7.13. The normalized spacial score (nSPS) is 10.7. The quantitative estimate of drug-likeness (QED) is 0.226. The highest BCUT2D eigenvalue weighted by Gasteiger charge is 2.28. The van der Waals surface area contributed by atoms with Gasteiger partial charge < -0.3 is 9.47 Å². The zero-order chi connectivity index (χ0) is 19.0. The van der Waals surface area contributed by atoms with Gasteiger partial charge >= 0.3 is 11.9 Å². The topological polar surface area (TPSA) is 151 Å². The number of nitro benzene ring substituents is 2. The van der Waals surface area contributed by atoms with E-state index in [4.69, 9.17) is 9.47 Å². The summed E-state index contributed by atoms with van der Waals surface area (Å²) in [6.45, 7) is 3.12. The molecule has 0 radical (unpaired) electrons. The molecular weight excluding hydrogens is 338 g/mol. The fraction of sp³-hybridized carbons (Fsp3) is 0.357. The molecule has 11 nitrogen and oxygen atoms in total. The van der Waals surface area contributed by atoms with Gasteiger partial charge in [0.2, 0.25) is 0 Å². The summed E-state index contributed by atoms with van der Waals surface area (Å²) in [5, 5.41) is 21.7. The summed E-state index contributed by atoms with van der Waals surface area (Å²) in [6.07, 6.45) is 0.874. The van der Waals surface area contributed by atoms with Gasteiger partial charge in [0.15, 0.2) is 5.92 Å². The number of nitrogens with zero attached hydrogens (tertiary/aromatic N) is 3. The molecule has 0 unspecified atom stereocenters. The van der Waals surface area contributed by atoms with Gasteiger partial charge in [0, 0.05) is 18.3 Å². The number of carbonyl (C=O) groups is 2. The van der Waals surface area contributed by atoms with Crippen LogP contribution in [-0.4, -0.2) is 41.2 Å². The van der Waals surface area contributed by atoms with Gasteiger partial charge in [-0.05, 0) is 13.8 Å². The molecule has 0 heterocycles. The van der Waals surface area contributed by atoms with E-state index in [0.717, 1.165) is 24.4 Å². The van der Waals surface area contributed by atoms with E-state index < -0.39 is 39.1 Å². The molecule has 0 aliphatic carbocycles. The molecule has 11 heteroatoms. The van der Waals surface area contributed by atoms with E-state index in [1.54, 1.807) is 13.8 Å². The van der Waals surface area contributed by atoms with Gasteiger partial charge in [-0.1, -0.05) is 0 Å². The molecule has 0 spiro atoms. The Balaban J connectivity index is 3.21. The molecule has 1 aromatic carbocycles. The molecule has 0 saturated heterocycles. The standard InChI is InChI=1S/C14H15N3O8/c1-3-24-13(18)12(14(19)25-4-2)8-15-9-5-10(16(20)21)7-11(6-9)17(22)23/h5-8,12H,3-4H2,1-2H3. The molecule has 1 rings (SSSR count). The second kappa shape index (κ2) is 9.05. The van der Waals surface area contributed by atoms with Crippen molar-refractivity contribution in [1.82, 2.24) is 0 Å². The minimum absolute atomic E-state index is 0.0187. The first-order valence-electron chi connectivity index (χ1n) is 7.11. The fourth-order valence-electron chi connectivity index (χ4n) is 1.71. The van der Waals surface area contributed by atoms with Crippen LogP contribution in [0.5, 0.6) is 0 Å². The van der Waals surface area contributed by atoms with Crippen molar-refractivity contribution in [3.63, 3.8) is 0 Å². The van der Waals surface area contributed by atoms with Gasteiger partial charge in [0.05, 0.1) is 34.8 Å². The van der Waals surface area contributed by atoms with Gasteiger partial charge in [0.1, 0.15) is 0 Å². The zero-order valence-electron chi connectivity index (χ0n) is 13.4. The smallest absolute Gasteiger partial charge is 0.325 e. The molecule has 25 heavy (non-hydrogen) atoms. The Morgan fingerprint density at radius 1 is 1.04 bits per heavy atom. The maximum Gasteiger partial charge on any atom is 0.325 e. The van der Waals surface area contributed by atoms with Crippen molar-refractivity contribution in [3.05, 3.63) is 38.4 Å². The van der Waals surface area contributed by atoms with Gasteiger partial charge in [-0.25, -0.2) is 0 Å². The lowest BCUT2D eigenvalue weighted by molar-refractivity contribution is -0.394. The fourth-order valence-corrected chi connectivity index (χ4v) is 1.71. The number of carbonyl (C=O) groups excluding carboxylic acids is 2. The summed E-state index contributed by atoms with van der Waals surface area (Å²) < 4.78 is 9.47. The summed E-state index contributed by atoms with van der Waals surface area (Å²) in [6, 6.07) is 2.71. The minimum Gasteiger partial charge on any atom is -0.465 e. The van der Waals surface area contributed by atoms with Crippen LogP contribution in [0.4, 0.5) is 17.1 Å². The highest BCUT2D eigenvalue weighted by atomic mass is 16.6. The number of esters is 2. The number of hydrogen-bond donors (Lipinski definition) is 0. The van der Waals surface area contributed by atoms with E-state index in [2.05, 4.69) is 4.99 Å².